The van der Waals surface area contributed by atoms with E-state index in [0.29, 0.717) is 17.4 Å². The molecule has 1 aliphatic rings. The molecule has 2 aromatic carbocycles. The van der Waals surface area contributed by atoms with Gasteiger partial charge in [-0.15, -0.1) is 0 Å². The molecule has 2 amide bonds. The molecular formula is C16H12F2N2O3. The lowest BCUT2D eigenvalue weighted by Crippen LogP contribution is -2.44. The molecule has 118 valence electrons. The Balaban J connectivity index is 1.75. The average molecular weight is 318 g/mol. The number of nitrogens with zero attached hydrogens (tertiary/aromatic N) is 1. The van der Waals surface area contributed by atoms with Crippen LogP contribution in [0.1, 0.15) is 0 Å². The topological polar surface area (TPSA) is 58.6 Å². The maximum atomic E-state index is 13.5. The normalized spacial score (nSPS) is 13.3. The van der Waals surface area contributed by atoms with Crippen LogP contribution in [0, 0.1) is 11.6 Å². The van der Waals surface area contributed by atoms with Crippen molar-refractivity contribution in [3.8, 4) is 5.75 Å². The number of nitrogens with one attached hydrogen (secondary N) is 1. The Morgan fingerprint density at radius 2 is 2.00 bits per heavy atom. The second kappa shape index (κ2) is 6.04. The molecule has 0 radical (unpaired) electrons. The van der Waals surface area contributed by atoms with Crippen molar-refractivity contribution < 1.29 is 23.1 Å². The number of ether oxygens (including phenoxy) is 1. The van der Waals surface area contributed by atoms with E-state index in [4.69, 9.17) is 4.74 Å². The van der Waals surface area contributed by atoms with Gasteiger partial charge in [0.1, 0.15) is 12.4 Å². The highest BCUT2D eigenvalue weighted by molar-refractivity contribution is 6.10. The average Bonchev–Trinajstić information content (AvgIpc) is 2.53. The van der Waals surface area contributed by atoms with Crippen LogP contribution in [0.4, 0.5) is 20.2 Å². The first-order chi connectivity index (χ1) is 11.0. The number of carbonyl (C=O) groups is 2. The lowest BCUT2D eigenvalue weighted by molar-refractivity contribution is -0.123. The first-order valence-electron chi connectivity index (χ1n) is 6.81. The van der Waals surface area contributed by atoms with Crippen LogP contribution in [-0.4, -0.2) is 25.0 Å². The van der Waals surface area contributed by atoms with Gasteiger partial charge in [-0.05, 0) is 24.3 Å². The molecule has 5 nitrogen and oxygen atoms in total. The van der Waals surface area contributed by atoms with Gasteiger partial charge in [-0.2, -0.15) is 0 Å². The molecule has 0 fully saturated rings. The van der Waals surface area contributed by atoms with Crippen molar-refractivity contribution in [3.63, 3.8) is 0 Å². The Hall–Kier alpha value is -2.96. The van der Waals surface area contributed by atoms with Crippen LogP contribution in [0.2, 0.25) is 0 Å². The summed E-state index contributed by atoms with van der Waals surface area (Å²) in [5, 5.41) is 2.66. The van der Waals surface area contributed by atoms with Gasteiger partial charge >= 0.3 is 0 Å². The van der Waals surface area contributed by atoms with E-state index in [1.807, 2.05) is 0 Å². The van der Waals surface area contributed by atoms with E-state index in [-0.39, 0.29) is 18.2 Å². The molecule has 1 heterocycles. The van der Waals surface area contributed by atoms with Crippen molar-refractivity contribution in [2.24, 2.45) is 0 Å². The van der Waals surface area contributed by atoms with Gasteiger partial charge < -0.3 is 10.1 Å². The molecule has 0 aromatic heterocycles. The molecule has 0 saturated heterocycles. The zero-order chi connectivity index (χ0) is 16.4. The van der Waals surface area contributed by atoms with Gasteiger partial charge in [0.05, 0.1) is 11.4 Å². The number of amides is 2. The van der Waals surface area contributed by atoms with Crippen LogP contribution in [0.5, 0.6) is 5.75 Å². The van der Waals surface area contributed by atoms with Gasteiger partial charge in [-0.25, -0.2) is 8.78 Å². The van der Waals surface area contributed by atoms with Gasteiger partial charge in [0.15, 0.2) is 18.2 Å². The molecule has 0 spiro atoms. The number of carbonyl (C=O) groups excluding carboxylic acids is 2. The Bertz CT molecular complexity index is 780. The van der Waals surface area contributed by atoms with Gasteiger partial charge in [-0.1, -0.05) is 12.1 Å². The van der Waals surface area contributed by atoms with Crippen LogP contribution >= 0.6 is 0 Å². The molecule has 1 aliphatic heterocycles. The third-order valence-electron chi connectivity index (χ3n) is 3.32. The molecule has 7 heteroatoms. The Kier molecular flexibility index (Phi) is 3.92. The van der Waals surface area contributed by atoms with Gasteiger partial charge in [-0.3, -0.25) is 14.5 Å². The highest BCUT2D eigenvalue weighted by Gasteiger charge is 2.26. The Morgan fingerprint density at radius 1 is 1.22 bits per heavy atom. The molecule has 0 unspecified atom stereocenters. The predicted molar refractivity (Wildman–Crippen MR) is 79.3 cm³/mol. The number of benzene rings is 2. The number of hydrogen-bond donors (Lipinski definition) is 1. The molecule has 0 aliphatic carbocycles. The number of rotatable bonds is 3. The summed E-state index contributed by atoms with van der Waals surface area (Å²) in [5.74, 6) is -2.69. The van der Waals surface area contributed by atoms with E-state index >= 15 is 0 Å². The lowest BCUT2D eigenvalue weighted by Gasteiger charge is -2.29. The molecule has 3 rings (SSSR count). The summed E-state index contributed by atoms with van der Waals surface area (Å²) in [4.78, 5) is 25.2. The zero-order valence-corrected chi connectivity index (χ0v) is 11.9. The van der Waals surface area contributed by atoms with E-state index in [1.165, 1.54) is 4.90 Å². The number of halogens is 2. The molecule has 0 saturated carbocycles. The van der Waals surface area contributed by atoms with Crippen molar-refractivity contribution in [1.29, 1.82) is 0 Å². The Labute approximate surface area is 130 Å². The predicted octanol–water partition coefficient (Wildman–Crippen LogP) is 2.33. The second-order valence-corrected chi connectivity index (χ2v) is 4.91. The van der Waals surface area contributed by atoms with E-state index in [2.05, 4.69) is 5.32 Å². The molecule has 23 heavy (non-hydrogen) atoms. The van der Waals surface area contributed by atoms with Crippen LogP contribution in [0.3, 0.4) is 0 Å². The lowest BCUT2D eigenvalue weighted by atomic mass is 10.2. The zero-order valence-electron chi connectivity index (χ0n) is 11.9. The molecule has 0 bridgehead atoms. The molecule has 2 aromatic rings. The fraction of sp³-hybridized carbons (Fsp3) is 0.125. The third-order valence-corrected chi connectivity index (χ3v) is 3.32. The quantitative estimate of drug-likeness (QED) is 0.945. The van der Waals surface area contributed by atoms with Crippen LogP contribution in [0.15, 0.2) is 42.5 Å². The number of anilines is 2. The van der Waals surface area contributed by atoms with E-state index in [1.54, 1.807) is 24.3 Å². The van der Waals surface area contributed by atoms with Crippen molar-refractivity contribution >= 4 is 23.2 Å². The minimum Gasteiger partial charge on any atom is -0.481 e. The minimum absolute atomic E-state index is 0.148. The fourth-order valence-corrected chi connectivity index (χ4v) is 2.27. The summed E-state index contributed by atoms with van der Waals surface area (Å²) in [6.45, 7) is -0.616. The Morgan fingerprint density at radius 3 is 2.78 bits per heavy atom. The highest BCUT2D eigenvalue weighted by Crippen LogP contribution is 2.29. The molecular weight excluding hydrogens is 306 g/mol. The van der Waals surface area contributed by atoms with Gasteiger partial charge in [0, 0.05) is 6.07 Å². The summed E-state index contributed by atoms with van der Waals surface area (Å²) in [5.41, 5.74) is 1.06. The first kappa shape index (κ1) is 15.0. The standard InChI is InChI=1S/C16H12F2N2O3/c17-10-5-6-14(11(18)7-10)23-9-16(22)20-8-15(21)19-12-3-1-2-4-13(12)20/h1-7H,8-9H2,(H,19,21). The maximum Gasteiger partial charge on any atom is 0.265 e. The van der Waals surface area contributed by atoms with Crippen LogP contribution in [-0.2, 0) is 9.59 Å². The minimum atomic E-state index is -0.894. The van der Waals surface area contributed by atoms with Crippen molar-refractivity contribution in [2.45, 2.75) is 0 Å². The summed E-state index contributed by atoms with van der Waals surface area (Å²) < 4.78 is 31.4. The summed E-state index contributed by atoms with van der Waals surface area (Å²) in [7, 11) is 0. The van der Waals surface area contributed by atoms with Gasteiger partial charge in [0.2, 0.25) is 5.91 Å². The van der Waals surface area contributed by atoms with E-state index < -0.39 is 24.1 Å². The van der Waals surface area contributed by atoms with Crippen molar-refractivity contribution in [2.75, 3.05) is 23.4 Å². The third kappa shape index (κ3) is 3.13. The largest absolute Gasteiger partial charge is 0.481 e. The van der Waals surface area contributed by atoms with E-state index in [9.17, 15) is 18.4 Å². The first-order valence-corrected chi connectivity index (χ1v) is 6.81. The summed E-state index contributed by atoms with van der Waals surface area (Å²) in [6, 6.07) is 9.64. The van der Waals surface area contributed by atoms with Gasteiger partial charge in [0.25, 0.3) is 5.91 Å². The smallest absolute Gasteiger partial charge is 0.265 e. The highest BCUT2D eigenvalue weighted by atomic mass is 19.1. The van der Waals surface area contributed by atoms with Crippen molar-refractivity contribution in [1.82, 2.24) is 0 Å². The maximum absolute atomic E-state index is 13.5. The molecule has 1 N–H and O–H groups in total. The van der Waals surface area contributed by atoms with Crippen LogP contribution < -0.4 is 15.0 Å². The number of hydrogen-bond acceptors (Lipinski definition) is 3. The second-order valence-electron chi connectivity index (χ2n) is 4.91. The number of fused-ring (bicyclic) bond motifs is 1. The molecule has 0 atom stereocenters. The summed E-state index contributed by atoms with van der Waals surface area (Å²) in [6.07, 6.45) is 0. The summed E-state index contributed by atoms with van der Waals surface area (Å²) >= 11 is 0. The SMILES string of the molecule is O=C1CN(C(=O)COc2ccc(F)cc2F)c2ccccc2N1. The number of para-hydroxylation sites is 2. The van der Waals surface area contributed by atoms with E-state index in [0.717, 1.165) is 12.1 Å². The monoisotopic (exact) mass is 318 g/mol. The van der Waals surface area contributed by atoms with Crippen LogP contribution in [0.25, 0.3) is 0 Å². The fourth-order valence-electron chi connectivity index (χ4n) is 2.27. The van der Waals surface area contributed by atoms with Crippen molar-refractivity contribution in [3.05, 3.63) is 54.1 Å².